The van der Waals surface area contributed by atoms with E-state index in [-0.39, 0.29) is 38.6 Å². The van der Waals surface area contributed by atoms with Crippen molar-refractivity contribution >= 4 is 17.9 Å². The highest BCUT2D eigenvalue weighted by Crippen LogP contribution is 2.18. The molecule has 0 aromatic carbocycles. The summed E-state index contributed by atoms with van der Waals surface area (Å²) < 4.78 is 22.8. The highest BCUT2D eigenvalue weighted by Gasteiger charge is 2.22. The largest absolute Gasteiger partial charge is 0.545 e. The van der Waals surface area contributed by atoms with Gasteiger partial charge in [0, 0.05) is 12.8 Å². The SMILES string of the molecule is CC/C=C\C/C=C\C/C=C\C/C=C\C/C=C\C/C=C\CCCCCCC(=O)OC(COC(=O)CCCCCCCCCCCCCCCCCCCCCCCCCCCC/C=C\C/C=C\C/C=C\C/C=C\CC)COC(OCC[N+](C)(C)C)C(=O)[O-]. The van der Waals surface area contributed by atoms with Crippen LogP contribution >= 0.6 is 0 Å². The number of aliphatic carboxylic acids is 1. The Bertz CT molecular complexity index is 1840. The minimum absolute atomic E-state index is 0.138. The van der Waals surface area contributed by atoms with E-state index in [4.69, 9.17) is 18.9 Å². The summed E-state index contributed by atoms with van der Waals surface area (Å²) in [6.45, 7) is 4.51. The van der Waals surface area contributed by atoms with Crippen LogP contribution in [-0.2, 0) is 33.3 Å². The number of hydrogen-bond donors (Lipinski definition) is 0. The number of allylic oxidation sites excluding steroid dienone is 20. The summed E-state index contributed by atoms with van der Waals surface area (Å²) in [5.74, 6) is -2.31. The second kappa shape index (κ2) is 67.6. The number of unbranched alkanes of at least 4 members (excludes halogenated alkanes) is 30. The molecule has 0 aromatic rings. The fourth-order valence-electron chi connectivity index (χ4n) is 9.83. The number of rotatable bonds is 65. The molecule has 0 aliphatic heterocycles. The van der Waals surface area contributed by atoms with Crippen molar-refractivity contribution in [1.82, 2.24) is 0 Å². The zero-order valence-corrected chi connectivity index (χ0v) is 56.9. The molecule has 2 unspecified atom stereocenters. The molecular formula is C78H133NO8. The number of carboxylic acids is 1. The second-order valence-electron chi connectivity index (χ2n) is 24.8. The predicted octanol–water partition coefficient (Wildman–Crippen LogP) is 21.0. The standard InChI is InChI=1S/C78H133NO8/c1-6-8-10-12-14-16-18-20-22-24-26-28-30-31-32-33-34-35-36-37-38-39-40-41-42-43-44-45-47-48-50-52-54-56-58-60-62-64-66-68-75(80)85-72-74(73-86-78(77(82)83)84-71-70-79(3,4)5)87-76(81)69-67-65-63-61-59-57-55-53-51-49-46-29-27-25-23-21-19-17-15-13-11-9-7-2/h8-11,14-17,20-23,26-29,49,51,55,57,74,78H,6-7,12-13,18-19,24-25,30-48,50,52-54,56,58-73H2,1-5H3/b10-8-,11-9-,16-14-,17-15-,22-20-,23-21-,28-26-,29-27-,51-49-,57-55-. The Morgan fingerprint density at radius 1 is 0.345 bits per heavy atom. The van der Waals surface area contributed by atoms with Gasteiger partial charge in [-0.2, -0.15) is 0 Å². The third kappa shape index (κ3) is 69.0. The van der Waals surface area contributed by atoms with Crippen LogP contribution in [-0.4, -0.2) is 82.3 Å². The van der Waals surface area contributed by atoms with Gasteiger partial charge >= 0.3 is 11.9 Å². The van der Waals surface area contributed by atoms with E-state index in [1.165, 1.54) is 154 Å². The van der Waals surface area contributed by atoms with Crippen LogP contribution in [0.3, 0.4) is 0 Å². The Morgan fingerprint density at radius 2 is 0.621 bits per heavy atom. The van der Waals surface area contributed by atoms with Gasteiger partial charge in [0.1, 0.15) is 13.2 Å². The van der Waals surface area contributed by atoms with E-state index in [1.807, 2.05) is 21.1 Å². The Hall–Kier alpha value is -4.31. The number of likely N-dealkylation sites (N-methyl/N-ethyl adjacent to an activating group) is 1. The molecule has 0 N–H and O–H groups in total. The van der Waals surface area contributed by atoms with E-state index in [2.05, 4.69) is 135 Å². The van der Waals surface area contributed by atoms with Crippen molar-refractivity contribution in [3.8, 4) is 0 Å². The third-order valence-corrected chi connectivity index (χ3v) is 15.2. The topological polar surface area (TPSA) is 111 Å². The van der Waals surface area contributed by atoms with Gasteiger partial charge in [-0.15, -0.1) is 0 Å². The van der Waals surface area contributed by atoms with Crippen LogP contribution in [0.25, 0.3) is 0 Å². The number of carbonyl (C=O) groups excluding carboxylic acids is 3. The van der Waals surface area contributed by atoms with Crippen molar-refractivity contribution in [2.45, 2.75) is 309 Å². The van der Waals surface area contributed by atoms with Crippen molar-refractivity contribution in [3.05, 3.63) is 122 Å². The Kier molecular flexibility index (Phi) is 64.3. The van der Waals surface area contributed by atoms with Gasteiger partial charge in [-0.25, -0.2) is 0 Å². The molecule has 0 radical (unpaired) electrons. The number of quaternary nitrogens is 1. The molecule has 2 atom stereocenters. The molecule has 0 spiro atoms. The maximum Gasteiger partial charge on any atom is 0.306 e. The number of carbonyl (C=O) groups is 3. The average molecular weight is 1210 g/mol. The molecule has 0 heterocycles. The summed E-state index contributed by atoms with van der Waals surface area (Å²) >= 11 is 0. The van der Waals surface area contributed by atoms with Gasteiger partial charge in [-0.3, -0.25) is 9.59 Å². The van der Waals surface area contributed by atoms with Crippen LogP contribution in [0, 0.1) is 0 Å². The average Bonchev–Trinajstić information content (AvgIpc) is 3.50. The van der Waals surface area contributed by atoms with E-state index in [9.17, 15) is 19.5 Å². The monoisotopic (exact) mass is 1210 g/mol. The van der Waals surface area contributed by atoms with Gasteiger partial charge in [0.2, 0.25) is 0 Å². The first-order chi connectivity index (χ1) is 42.6. The number of carboxylic acid groups (broad SMARTS) is 1. The van der Waals surface area contributed by atoms with E-state index in [0.29, 0.717) is 17.4 Å². The fourth-order valence-corrected chi connectivity index (χ4v) is 9.83. The smallest absolute Gasteiger partial charge is 0.306 e. The molecule has 0 fully saturated rings. The second-order valence-corrected chi connectivity index (χ2v) is 24.8. The molecule has 498 valence electrons. The lowest BCUT2D eigenvalue weighted by Gasteiger charge is -2.26. The van der Waals surface area contributed by atoms with Crippen molar-refractivity contribution in [2.24, 2.45) is 0 Å². The maximum absolute atomic E-state index is 12.9. The van der Waals surface area contributed by atoms with Gasteiger partial charge in [0.25, 0.3) is 0 Å². The van der Waals surface area contributed by atoms with Crippen LogP contribution < -0.4 is 5.11 Å². The molecule has 0 aromatic heterocycles. The lowest BCUT2D eigenvalue weighted by molar-refractivity contribution is -0.870. The molecule has 0 bridgehead atoms. The van der Waals surface area contributed by atoms with Crippen LogP contribution in [0.2, 0.25) is 0 Å². The zero-order chi connectivity index (χ0) is 63.3. The third-order valence-electron chi connectivity index (χ3n) is 15.2. The van der Waals surface area contributed by atoms with E-state index in [1.54, 1.807) is 0 Å². The van der Waals surface area contributed by atoms with E-state index >= 15 is 0 Å². The Labute approximate surface area is 536 Å². The summed E-state index contributed by atoms with van der Waals surface area (Å²) in [6, 6.07) is 0. The van der Waals surface area contributed by atoms with Crippen molar-refractivity contribution < 1.29 is 42.9 Å². The predicted molar refractivity (Wildman–Crippen MR) is 370 cm³/mol. The molecule has 0 rings (SSSR count). The molecule has 0 amide bonds. The number of ether oxygens (including phenoxy) is 4. The first-order valence-corrected chi connectivity index (χ1v) is 35.7. The fraction of sp³-hybridized carbons (Fsp3) is 0.705. The lowest BCUT2D eigenvalue weighted by Crippen LogP contribution is -2.44. The van der Waals surface area contributed by atoms with Crippen molar-refractivity contribution in [1.29, 1.82) is 0 Å². The van der Waals surface area contributed by atoms with Crippen molar-refractivity contribution in [2.75, 3.05) is 47.5 Å². The molecule has 0 saturated heterocycles. The van der Waals surface area contributed by atoms with Gasteiger partial charge in [0.15, 0.2) is 12.4 Å². The molecular weight excluding hydrogens is 1080 g/mol. The molecule has 9 nitrogen and oxygen atoms in total. The van der Waals surface area contributed by atoms with Crippen LogP contribution in [0.15, 0.2) is 122 Å². The number of esters is 2. The van der Waals surface area contributed by atoms with Crippen LogP contribution in [0.5, 0.6) is 0 Å². The number of nitrogens with zero attached hydrogens (tertiary/aromatic N) is 1. The maximum atomic E-state index is 12.9. The highest BCUT2D eigenvalue weighted by molar-refractivity contribution is 5.70. The van der Waals surface area contributed by atoms with Gasteiger partial charge in [-0.05, 0) is 103 Å². The molecule has 0 aliphatic carbocycles. The minimum atomic E-state index is -1.63. The molecule has 9 heteroatoms. The highest BCUT2D eigenvalue weighted by atomic mass is 16.7. The summed E-state index contributed by atoms with van der Waals surface area (Å²) in [6.07, 6.45) is 93.0. The van der Waals surface area contributed by atoms with E-state index in [0.717, 1.165) is 109 Å². The number of hydrogen-bond acceptors (Lipinski definition) is 8. The van der Waals surface area contributed by atoms with Crippen molar-refractivity contribution in [3.63, 3.8) is 0 Å². The Morgan fingerprint density at radius 3 is 0.920 bits per heavy atom. The summed E-state index contributed by atoms with van der Waals surface area (Å²) in [5.41, 5.74) is 0. The Balaban J connectivity index is 4.04. The minimum Gasteiger partial charge on any atom is -0.545 e. The summed E-state index contributed by atoms with van der Waals surface area (Å²) in [7, 11) is 5.92. The first kappa shape index (κ1) is 82.7. The summed E-state index contributed by atoms with van der Waals surface area (Å²) in [4.78, 5) is 37.5. The van der Waals surface area contributed by atoms with Crippen LogP contribution in [0.1, 0.15) is 296 Å². The van der Waals surface area contributed by atoms with Gasteiger partial charge < -0.3 is 33.3 Å². The normalized spacial score (nSPS) is 13.4. The van der Waals surface area contributed by atoms with Gasteiger partial charge in [0.05, 0.1) is 40.3 Å². The van der Waals surface area contributed by atoms with Gasteiger partial charge in [-0.1, -0.05) is 302 Å². The molecule has 87 heavy (non-hydrogen) atoms. The molecule has 0 saturated carbocycles. The summed E-state index contributed by atoms with van der Waals surface area (Å²) in [5, 5.41) is 11.8. The quantitative estimate of drug-likeness (QED) is 0.0195. The molecule has 0 aliphatic rings. The zero-order valence-electron chi connectivity index (χ0n) is 56.9. The van der Waals surface area contributed by atoms with E-state index < -0.39 is 24.3 Å². The lowest BCUT2D eigenvalue weighted by atomic mass is 10.0. The van der Waals surface area contributed by atoms with Crippen LogP contribution in [0.4, 0.5) is 0 Å². The first-order valence-electron chi connectivity index (χ1n) is 35.7.